The summed E-state index contributed by atoms with van der Waals surface area (Å²) in [7, 11) is 0. The lowest BCUT2D eigenvalue weighted by atomic mass is 10.0. The summed E-state index contributed by atoms with van der Waals surface area (Å²) in [5.74, 6) is 2.49. The van der Waals surface area contributed by atoms with Crippen molar-refractivity contribution in [3.63, 3.8) is 0 Å². The van der Waals surface area contributed by atoms with Gasteiger partial charge >= 0.3 is 0 Å². The molecule has 0 saturated carbocycles. The largest absolute Gasteiger partial charge is 0.456 e. The number of hydrogen-bond donors (Lipinski definition) is 0. The lowest BCUT2D eigenvalue weighted by Gasteiger charge is -2.10. The van der Waals surface area contributed by atoms with Crippen LogP contribution in [0.1, 0.15) is 0 Å². The van der Waals surface area contributed by atoms with Crippen LogP contribution in [0.5, 0.6) is 0 Å². The van der Waals surface area contributed by atoms with Crippen molar-refractivity contribution in [2.75, 3.05) is 0 Å². The number of aromatic nitrogens is 5. The second-order valence-electron chi connectivity index (χ2n) is 14.0. The fourth-order valence-electron chi connectivity index (χ4n) is 7.92. The molecule has 0 aliphatic rings. The maximum Gasteiger partial charge on any atom is 0.180 e. The molecular weight excluding hydrogens is 723 g/mol. The Morgan fingerprint density at radius 2 is 0.982 bits per heavy atom. The highest BCUT2D eigenvalue weighted by molar-refractivity contribution is 7.26. The molecule has 0 radical (unpaired) electrons. The molecule has 5 aromatic heterocycles. The highest BCUT2D eigenvalue weighted by Gasteiger charge is 2.23. The van der Waals surface area contributed by atoms with E-state index < -0.39 is 0 Å². The Morgan fingerprint density at radius 3 is 1.75 bits per heavy atom. The molecular formula is C49H27N5O2S. The standard InChI is InChI=1S/C49H27N5O2S/c1-3-13-28(14-4-1)46-52-47(29-15-5-2-6-16-29)54-48(53-46)34-20-12-24-40-41(34)33-19-11-21-35(45(33)57-40)49-50-42(44-43(51-49)32-18-8-10-23-38(32)56-44)30-25-26-39-36(27-30)31-17-7-9-22-37(31)55-39/h1-27H. The van der Waals surface area contributed by atoms with Gasteiger partial charge in [-0.25, -0.2) is 24.9 Å². The van der Waals surface area contributed by atoms with Crippen LogP contribution < -0.4 is 0 Å². The van der Waals surface area contributed by atoms with E-state index in [1.807, 2.05) is 103 Å². The molecule has 0 amide bonds. The van der Waals surface area contributed by atoms with Gasteiger partial charge in [-0.05, 0) is 48.5 Å². The van der Waals surface area contributed by atoms with E-state index in [9.17, 15) is 0 Å². The molecule has 0 N–H and O–H groups in total. The van der Waals surface area contributed by atoms with Crippen molar-refractivity contribution in [1.82, 2.24) is 24.9 Å². The maximum atomic E-state index is 6.53. The van der Waals surface area contributed by atoms with E-state index in [1.54, 1.807) is 11.3 Å². The highest BCUT2D eigenvalue weighted by Crippen LogP contribution is 2.45. The topological polar surface area (TPSA) is 90.7 Å². The molecule has 8 heteroatoms. The van der Waals surface area contributed by atoms with Gasteiger partial charge in [0, 0.05) is 64.1 Å². The zero-order valence-electron chi connectivity index (χ0n) is 30.0. The SMILES string of the molecule is c1ccc(-c2nc(-c3ccccc3)nc(-c3cccc4sc5c(-c6nc(-c7ccc8oc9ccccc9c8c7)c7oc8ccccc8c7n6)cccc5c34)n2)cc1. The minimum atomic E-state index is 0.616. The average Bonchev–Trinajstić information content (AvgIpc) is 3.98. The number of thiophene rings is 1. The first-order valence-electron chi connectivity index (χ1n) is 18.7. The molecule has 7 aromatic carbocycles. The Bertz CT molecular complexity index is 3480. The van der Waals surface area contributed by atoms with Crippen molar-refractivity contribution in [2.24, 2.45) is 0 Å². The van der Waals surface area contributed by atoms with Crippen LogP contribution in [0.3, 0.4) is 0 Å². The summed E-state index contributed by atoms with van der Waals surface area (Å²) in [5, 5.41) is 5.18. The van der Waals surface area contributed by atoms with Gasteiger partial charge < -0.3 is 8.83 Å². The van der Waals surface area contributed by atoms with E-state index in [1.165, 1.54) is 0 Å². The van der Waals surface area contributed by atoms with Crippen LogP contribution in [0.25, 0.3) is 121 Å². The molecule has 7 nitrogen and oxygen atoms in total. The van der Waals surface area contributed by atoms with Gasteiger partial charge in [0.25, 0.3) is 0 Å². The average molecular weight is 750 g/mol. The zero-order valence-corrected chi connectivity index (χ0v) is 30.9. The van der Waals surface area contributed by atoms with Gasteiger partial charge in [0.2, 0.25) is 0 Å². The van der Waals surface area contributed by atoms with Crippen molar-refractivity contribution in [1.29, 1.82) is 0 Å². The van der Waals surface area contributed by atoms with E-state index >= 15 is 0 Å². The third-order valence-electron chi connectivity index (χ3n) is 10.6. The van der Waals surface area contributed by atoms with Gasteiger partial charge in [-0.3, -0.25) is 0 Å². The van der Waals surface area contributed by atoms with Crippen LogP contribution in [0.4, 0.5) is 0 Å². The molecule has 0 aliphatic carbocycles. The number of hydrogen-bond acceptors (Lipinski definition) is 8. The van der Waals surface area contributed by atoms with Crippen LogP contribution >= 0.6 is 11.3 Å². The van der Waals surface area contributed by atoms with E-state index in [2.05, 4.69) is 60.7 Å². The van der Waals surface area contributed by atoms with Crippen LogP contribution in [0.2, 0.25) is 0 Å². The van der Waals surface area contributed by atoms with Crippen LogP contribution in [-0.4, -0.2) is 24.9 Å². The molecule has 5 heterocycles. The number of fused-ring (bicyclic) bond motifs is 9. The maximum absolute atomic E-state index is 6.53. The van der Waals surface area contributed by atoms with E-state index in [4.69, 9.17) is 33.8 Å². The van der Waals surface area contributed by atoms with Crippen LogP contribution in [-0.2, 0) is 0 Å². The summed E-state index contributed by atoms with van der Waals surface area (Å²) in [4.78, 5) is 25.7. The van der Waals surface area contributed by atoms with Gasteiger partial charge in [-0.2, -0.15) is 0 Å². The third kappa shape index (κ3) is 5.08. The smallest absolute Gasteiger partial charge is 0.180 e. The Kier molecular flexibility index (Phi) is 6.96. The Balaban J connectivity index is 1.09. The molecule has 0 fully saturated rings. The van der Waals surface area contributed by atoms with Crippen molar-refractivity contribution < 1.29 is 8.83 Å². The Labute approximate surface area is 328 Å². The highest BCUT2D eigenvalue weighted by atomic mass is 32.1. The summed E-state index contributed by atoms with van der Waals surface area (Å²) in [6.45, 7) is 0. The molecule has 12 rings (SSSR count). The lowest BCUT2D eigenvalue weighted by molar-refractivity contribution is 0.666. The number of furan rings is 2. The number of nitrogens with zero attached hydrogens (tertiary/aromatic N) is 5. The number of rotatable bonds is 5. The molecule has 0 unspecified atom stereocenters. The molecule has 266 valence electrons. The fraction of sp³-hybridized carbons (Fsp3) is 0. The Morgan fingerprint density at radius 1 is 0.386 bits per heavy atom. The monoisotopic (exact) mass is 749 g/mol. The van der Waals surface area contributed by atoms with Crippen molar-refractivity contribution in [3.8, 4) is 56.8 Å². The second kappa shape index (κ2) is 12.5. The molecule has 0 aliphatic heterocycles. The molecule has 0 bridgehead atoms. The number of benzene rings is 7. The molecule has 57 heavy (non-hydrogen) atoms. The van der Waals surface area contributed by atoms with Gasteiger partial charge in [0.15, 0.2) is 28.9 Å². The van der Waals surface area contributed by atoms with E-state index in [-0.39, 0.29) is 0 Å². The van der Waals surface area contributed by atoms with Crippen molar-refractivity contribution in [3.05, 3.63) is 164 Å². The summed E-state index contributed by atoms with van der Waals surface area (Å²) in [6.07, 6.45) is 0. The summed E-state index contributed by atoms with van der Waals surface area (Å²) >= 11 is 1.72. The van der Waals surface area contributed by atoms with Crippen molar-refractivity contribution >= 4 is 75.5 Å². The van der Waals surface area contributed by atoms with Gasteiger partial charge in [0.05, 0.1) is 0 Å². The fourth-order valence-corrected chi connectivity index (χ4v) is 9.16. The van der Waals surface area contributed by atoms with Crippen LogP contribution in [0, 0.1) is 0 Å². The van der Waals surface area contributed by atoms with Crippen LogP contribution in [0.15, 0.2) is 173 Å². The first-order valence-corrected chi connectivity index (χ1v) is 19.5. The Hall–Kier alpha value is -7.55. The molecule has 0 atom stereocenters. The normalized spacial score (nSPS) is 11.9. The minimum absolute atomic E-state index is 0.616. The third-order valence-corrected chi connectivity index (χ3v) is 11.8. The molecule has 0 saturated heterocycles. The predicted molar refractivity (Wildman–Crippen MR) is 230 cm³/mol. The summed E-state index contributed by atoms with van der Waals surface area (Å²) in [6, 6.07) is 55.2. The van der Waals surface area contributed by atoms with Gasteiger partial charge in [0.1, 0.15) is 28.0 Å². The van der Waals surface area contributed by atoms with Gasteiger partial charge in [-0.1, -0.05) is 115 Å². The van der Waals surface area contributed by atoms with Gasteiger partial charge in [-0.15, -0.1) is 11.3 Å². The molecule has 0 spiro atoms. The summed E-state index contributed by atoms with van der Waals surface area (Å²) in [5.41, 5.74) is 9.24. The zero-order chi connectivity index (χ0) is 37.5. The lowest BCUT2D eigenvalue weighted by Crippen LogP contribution is -2.00. The van der Waals surface area contributed by atoms with E-state index in [0.29, 0.717) is 28.9 Å². The number of para-hydroxylation sites is 2. The second-order valence-corrected chi connectivity index (χ2v) is 15.0. The quantitative estimate of drug-likeness (QED) is 0.173. The minimum Gasteiger partial charge on any atom is -0.456 e. The first kappa shape index (κ1) is 31.8. The summed E-state index contributed by atoms with van der Waals surface area (Å²) < 4.78 is 14.9. The first-order chi connectivity index (χ1) is 28.2. The van der Waals surface area contributed by atoms with Crippen molar-refractivity contribution in [2.45, 2.75) is 0 Å². The molecule has 12 aromatic rings. The van der Waals surface area contributed by atoms with E-state index in [0.717, 1.165) is 92.1 Å². The predicted octanol–water partition coefficient (Wildman–Crippen LogP) is 13.2.